The molecule has 0 spiro atoms. The van der Waals surface area contributed by atoms with E-state index >= 15 is 0 Å². The maximum atomic E-state index is 2.57. The molecular formula is C39H30Cl2Zr. The van der Waals surface area contributed by atoms with E-state index in [9.17, 15) is 0 Å². The second-order valence-corrected chi connectivity index (χ2v) is 18.0. The van der Waals surface area contributed by atoms with Crippen LogP contribution in [-0.4, -0.2) is 3.21 Å². The van der Waals surface area contributed by atoms with Gasteiger partial charge >= 0.3 is 245 Å². The Morgan fingerprint density at radius 2 is 0.952 bits per heavy atom. The van der Waals surface area contributed by atoms with Crippen LogP contribution in [-0.2, 0) is 34.1 Å². The first-order valence-electron chi connectivity index (χ1n) is 14.9. The number of hydrogen-bond acceptors (Lipinski definition) is 0. The second-order valence-electron chi connectivity index (χ2n) is 11.8. The molecule has 1 saturated carbocycles. The van der Waals surface area contributed by atoms with Gasteiger partial charge in [0.25, 0.3) is 0 Å². The summed E-state index contributed by atoms with van der Waals surface area (Å²) in [7, 11) is 0. The summed E-state index contributed by atoms with van der Waals surface area (Å²) >= 11 is -2.33. The van der Waals surface area contributed by atoms with Crippen molar-refractivity contribution in [1.29, 1.82) is 0 Å². The molecule has 0 nitrogen and oxygen atoms in total. The third kappa shape index (κ3) is 4.16. The van der Waals surface area contributed by atoms with E-state index in [2.05, 4.69) is 109 Å². The smallest absolute Gasteiger partial charge is 1.00 e. The van der Waals surface area contributed by atoms with E-state index in [1.54, 1.807) is 17.7 Å². The topological polar surface area (TPSA) is 0 Å². The predicted octanol–water partition coefficient (Wildman–Crippen LogP) is 3.59. The van der Waals surface area contributed by atoms with Gasteiger partial charge in [0.15, 0.2) is 0 Å². The minimum Gasteiger partial charge on any atom is -1.00 e. The van der Waals surface area contributed by atoms with E-state index < -0.39 is 21.3 Å². The van der Waals surface area contributed by atoms with Crippen LogP contribution in [0.1, 0.15) is 47.9 Å². The molecule has 204 valence electrons. The molecule has 0 N–H and O–H groups in total. The standard InChI is InChI=1S/2C17H11.C5H8.2ClH.Zr/c2*1-2-6-15-12(4-1)8-10-14-11-9-13-5-3-7-16(13)17(14)15;1-2-4-5-3-1;;;/h2*1-4,6-10H,11H2;1-4H2;2*1H;/q;;;;;+2/p-2. The summed E-state index contributed by atoms with van der Waals surface area (Å²) in [4.78, 5) is 0. The molecule has 0 atom stereocenters. The van der Waals surface area contributed by atoms with E-state index in [1.165, 1.54) is 80.6 Å². The van der Waals surface area contributed by atoms with Crippen LogP contribution in [0.5, 0.6) is 0 Å². The van der Waals surface area contributed by atoms with Crippen LogP contribution in [0.2, 0.25) is 0 Å². The SMILES string of the molecule is C1=C2C(=CC=[C]2[Zr+2]([C]2=CC=C3C2=CCc2ccc4ccccc4c23)=[C]2CCCC2)c2c(ccc3ccccc23)C1.[Cl-].[Cl-]. The Labute approximate surface area is 267 Å². The molecule has 42 heavy (non-hydrogen) atoms. The maximum Gasteiger partial charge on any atom is -1.00 e. The fourth-order valence-electron chi connectivity index (χ4n) is 7.91. The van der Waals surface area contributed by atoms with Crippen LogP contribution in [0.3, 0.4) is 0 Å². The van der Waals surface area contributed by atoms with E-state index in [0.717, 1.165) is 12.8 Å². The molecule has 0 saturated heterocycles. The summed E-state index contributed by atoms with van der Waals surface area (Å²) < 4.78 is 5.37. The van der Waals surface area contributed by atoms with Gasteiger partial charge in [-0.2, -0.15) is 0 Å². The molecule has 4 aromatic carbocycles. The van der Waals surface area contributed by atoms with Gasteiger partial charge in [-0.3, -0.25) is 0 Å². The van der Waals surface area contributed by atoms with Crippen molar-refractivity contribution in [2.24, 2.45) is 0 Å². The van der Waals surface area contributed by atoms with Gasteiger partial charge < -0.3 is 24.8 Å². The zero-order valence-electron chi connectivity index (χ0n) is 23.4. The molecule has 0 radical (unpaired) electrons. The second kappa shape index (κ2) is 11.0. The molecular weight excluding hydrogens is 631 g/mol. The molecule has 0 aromatic heterocycles. The van der Waals surface area contributed by atoms with Gasteiger partial charge in [0.2, 0.25) is 0 Å². The molecule has 0 unspecified atom stereocenters. The van der Waals surface area contributed by atoms with E-state index in [4.69, 9.17) is 0 Å². The monoisotopic (exact) mass is 658 g/mol. The molecule has 5 aliphatic carbocycles. The molecule has 4 aromatic rings. The zero-order valence-corrected chi connectivity index (χ0v) is 27.4. The van der Waals surface area contributed by atoms with Gasteiger partial charge in [-0.1, -0.05) is 0 Å². The van der Waals surface area contributed by atoms with Crippen molar-refractivity contribution in [2.75, 3.05) is 0 Å². The van der Waals surface area contributed by atoms with Crippen molar-refractivity contribution >= 4 is 35.9 Å². The molecule has 9 rings (SSSR count). The summed E-state index contributed by atoms with van der Waals surface area (Å²) in [5.41, 5.74) is 12.0. The number of allylic oxidation sites excluding steroid dienone is 12. The Morgan fingerprint density at radius 3 is 1.45 bits per heavy atom. The molecule has 5 aliphatic rings. The number of benzene rings is 4. The van der Waals surface area contributed by atoms with Crippen molar-refractivity contribution in [2.45, 2.75) is 38.5 Å². The van der Waals surface area contributed by atoms with E-state index in [-0.39, 0.29) is 24.8 Å². The van der Waals surface area contributed by atoms with Crippen LogP contribution < -0.4 is 24.8 Å². The van der Waals surface area contributed by atoms with Crippen molar-refractivity contribution in [3.63, 3.8) is 0 Å². The molecule has 0 amide bonds. The minimum absolute atomic E-state index is 0. The molecule has 0 bridgehead atoms. The minimum atomic E-state index is -2.33. The van der Waals surface area contributed by atoms with Crippen LogP contribution in [0.25, 0.3) is 32.7 Å². The quantitative estimate of drug-likeness (QED) is 0.309. The number of fused-ring (bicyclic) bond motifs is 10. The molecule has 1 fully saturated rings. The Bertz CT molecular complexity index is 1900. The predicted molar refractivity (Wildman–Crippen MR) is 167 cm³/mol. The van der Waals surface area contributed by atoms with Gasteiger partial charge in [-0.25, -0.2) is 0 Å². The molecule has 3 heteroatoms. The Hall–Kier alpha value is -2.83. The summed E-state index contributed by atoms with van der Waals surface area (Å²) in [6, 6.07) is 27.2. The van der Waals surface area contributed by atoms with Gasteiger partial charge in [0.05, 0.1) is 0 Å². The van der Waals surface area contributed by atoms with Gasteiger partial charge in [0.1, 0.15) is 0 Å². The summed E-state index contributed by atoms with van der Waals surface area (Å²) in [5.74, 6) is 0. The zero-order chi connectivity index (χ0) is 26.2. The number of rotatable bonds is 2. The van der Waals surface area contributed by atoms with Crippen LogP contribution in [0.4, 0.5) is 0 Å². The van der Waals surface area contributed by atoms with Crippen LogP contribution in [0.15, 0.2) is 127 Å². The van der Waals surface area contributed by atoms with Crippen molar-refractivity contribution < 1.29 is 46.1 Å². The van der Waals surface area contributed by atoms with Crippen LogP contribution in [0, 0.1) is 0 Å². The fourth-order valence-corrected chi connectivity index (χ4v) is 16.3. The van der Waals surface area contributed by atoms with Gasteiger partial charge in [-0.05, 0) is 0 Å². The number of halogens is 2. The van der Waals surface area contributed by atoms with Gasteiger partial charge in [-0.15, -0.1) is 0 Å². The fraction of sp³-hybridized carbons (Fsp3) is 0.154. The number of hydrogen-bond donors (Lipinski definition) is 0. The van der Waals surface area contributed by atoms with Crippen molar-refractivity contribution in [3.8, 4) is 0 Å². The Morgan fingerprint density at radius 1 is 0.476 bits per heavy atom. The first-order chi connectivity index (χ1) is 19.8. The average molecular weight is 661 g/mol. The third-order valence-corrected chi connectivity index (χ3v) is 17.5. The van der Waals surface area contributed by atoms with E-state index in [0.29, 0.717) is 0 Å². The summed E-state index contributed by atoms with van der Waals surface area (Å²) in [6.07, 6.45) is 22.7. The first kappa shape index (κ1) is 28.0. The van der Waals surface area contributed by atoms with Gasteiger partial charge in [0, 0.05) is 0 Å². The maximum absolute atomic E-state index is 2.57. The van der Waals surface area contributed by atoms with E-state index in [1.807, 2.05) is 3.21 Å². The average Bonchev–Trinajstić information content (AvgIpc) is 3.78. The van der Waals surface area contributed by atoms with Crippen molar-refractivity contribution in [1.82, 2.24) is 0 Å². The summed E-state index contributed by atoms with van der Waals surface area (Å²) in [6.45, 7) is 0. The third-order valence-electron chi connectivity index (χ3n) is 9.71. The Kier molecular flexibility index (Phi) is 7.34. The van der Waals surface area contributed by atoms with Crippen LogP contribution >= 0.6 is 0 Å². The van der Waals surface area contributed by atoms with Crippen molar-refractivity contribution in [3.05, 3.63) is 149 Å². The summed E-state index contributed by atoms with van der Waals surface area (Å²) in [5, 5.41) is 5.53. The normalized spacial score (nSPS) is 17.6. The molecule has 0 aliphatic heterocycles. The first-order valence-corrected chi connectivity index (χ1v) is 18.5. The largest absolute Gasteiger partial charge is 1.00 e. The Balaban J connectivity index is 0.00000144. The molecule has 0 heterocycles.